The highest BCUT2D eigenvalue weighted by atomic mass is 19.1. The van der Waals surface area contributed by atoms with Gasteiger partial charge in [-0.1, -0.05) is 24.3 Å². The number of nitrogens with zero attached hydrogens (tertiary/aromatic N) is 1. The van der Waals surface area contributed by atoms with Gasteiger partial charge in [-0.15, -0.1) is 0 Å². The van der Waals surface area contributed by atoms with Crippen LogP contribution in [0.3, 0.4) is 0 Å². The lowest BCUT2D eigenvalue weighted by atomic mass is 10.1. The summed E-state index contributed by atoms with van der Waals surface area (Å²) in [5.41, 5.74) is 3.70. The van der Waals surface area contributed by atoms with Crippen LogP contribution in [0, 0.1) is 5.82 Å². The molecule has 3 rings (SSSR count). The number of ether oxygens (including phenoxy) is 1. The minimum Gasteiger partial charge on any atom is -0.380 e. The summed E-state index contributed by atoms with van der Waals surface area (Å²) in [6, 6.07) is 12.6. The molecule has 2 aromatic carbocycles. The smallest absolute Gasteiger partial charge is 0.201 e. The monoisotopic (exact) mass is 285 g/mol. The lowest BCUT2D eigenvalue weighted by molar-refractivity contribution is 0.184. The van der Waals surface area contributed by atoms with E-state index in [-0.39, 0.29) is 5.82 Å². The molecule has 0 saturated carbocycles. The van der Waals surface area contributed by atoms with E-state index < -0.39 is 0 Å². The molecule has 0 bridgehead atoms. The number of anilines is 1. The number of rotatable bonds is 5. The fourth-order valence-corrected chi connectivity index (χ4v) is 2.27. The van der Waals surface area contributed by atoms with Crippen molar-refractivity contribution < 1.29 is 9.13 Å². The minimum absolute atomic E-state index is 0.275. The highest BCUT2D eigenvalue weighted by Crippen LogP contribution is 2.17. The third kappa shape index (κ3) is 3.03. The van der Waals surface area contributed by atoms with Crippen molar-refractivity contribution in [2.75, 3.05) is 12.4 Å². The molecule has 0 aliphatic heterocycles. The van der Waals surface area contributed by atoms with Crippen molar-refractivity contribution in [1.29, 1.82) is 0 Å². The molecule has 0 saturated heterocycles. The second kappa shape index (κ2) is 5.93. The van der Waals surface area contributed by atoms with Gasteiger partial charge < -0.3 is 15.0 Å². The van der Waals surface area contributed by atoms with Crippen LogP contribution in [0.1, 0.15) is 11.1 Å². The molecule has 5 heteroatoms. The van der Waals surface area contributed by atoms with Crippen LogP contribution in [0.15, 0.2) is 42.5 Å². The number of fused-ring (bicyclic) bond motifs is 1. The van der Waals surface area contributed by atoms with Crippen molar-refractivity contribution in [2.45, 2.75) is 13.2 Å². The van der Waals surface area contributed by atoms with Gasteiger partial charge in [0.1, 0.15) is 5.82 Å². The largest absolute Gasteiger partial charge is 0.380 e. The number of hydrogen-bond donors (Lipinski definition) is 2. The average Bonchev–Trinajstić information content (AvgIpc) is 2.88. The van der Waals surface area contributed by atoms with E-state index in [1.807, 2.05) is 24.3 Å². The predicted octanol–water partition coefficient (Wildman–Crippen LogP) is 3.46. The van der Waals surface area contributed by atoms with Crippen LogP contribution in [-0.4, -0.2) is 17.1 Å². The zero-order valence-electron chi connectivity index (χ0n) is 11.7. The number of imidazole rings is 1. The van der Waals surface area contributed by atoms with Crippen LogP contribution in [0.5, 0.6) is 0 Å². The first-order chi connectivity index (χ1) is 10.3. The summed E-state index contributed by atoms with van der Waals surface area (Å²) in [5, 5.41) is 3.22. The average molecular weight is 285 g/mol. The third-order valence-corrected chi connectivity index (χ3v) is 3.31. The number of nitrogens with one attached hydrogen (secondary N) is 2. The van der Waals surface area contributed by atoms with Crippen molar-refractivity contribution in [3.05, 3.63) is 59.4 Å². The molecule has 3 aromatic rings. The topological polar surface area (TPSA) is 49.9 Å². The second-order valence-electron chi connectivity index (χ2n) is 4.80. The summed E-state index contributed by atoms with van der Waals surface area (Å²) in [6.07, 6.45) is 0. The van der Waals surface area contributed by atoms with Gasteiger partial charge in [-0.25, -0.2) is 9.37 Å². The maximum absolute atomic E-state index is 13.2. The number of hydrogen-bond acceptors (Lipinski definition) is 3. The molecule has 0 amide bonds. The van der Waals surface area contributed by atoms with Crippen LogP contribution in [0.2, 0.25) is 0 Å². The Balaban J connectivity index is 1.77. The summed E-state index contributed by atoms with van der Waals surface area (Å²) in [7, 11) is 1.68. The highest BCUT2D eigenvalue weighted by molar-refractivity contribution is 5.77. The minimum atomic E-state index is -0.275. The van der Waals surface area contributed by atoms with Gasteiger partial charge in [0.25, 0.3) is 0 Å². The summed E-state index contributed by atoms with van der Waals surface area (Å²) in [4.78, 5) is 7.44. The SMILES string of the molecule is COCc1ccccc1CNc1nc2ccc(F)cc2[nH]1. The van der Waals surface area contributed by atoms with E-state index in [4.69, 9.17) is 4.74 Å². The Morgan fingerprint density at radius 2 is 2.00 bits per heavy atom. The molecule has 0 unspecified atom stereocenters. The Morgan fingerprint density at radius 1 is 1.19 bits per heavy atom. The zero-order valence-corrected chi connectivity index (χ0v) is 11.7. The summed E-state index contributed by atoms with van der Waals surface area (Å²) < 4.78 is 18.3. The normalized spacial score (nSPS) is 11.0. The molecule has 21 heavy (non-hydrogen) atoms. The molecule has 2 N–H and O–H groups in total. The second-order valence-corrected chi connectivity index (χ2v) is 4.80. The molecule has 1 heterocycles. The van der Waals surface area contributed by atoms with E-state index in [1.165, 1.54) is 12.1 Å². The van der Waals surface area contributed by atoms with Gasteiger partial charge in [-0.2, -0.15) is 0 Å². The first-order valence-electron chi connectivity index (χ1n) is 6.71. The van der Waals surface area contributed by atoms with Gasteiger partial charge in [0.2, 0.25) is 5.95 Å². The van der Waals surface area contributed by atoms with Crippen molar-refractivity contribution in [3.63, 3.8) is 0 Å². The van der Waals surface area contributed by atoms with Gasteiger partial charge >= 0.3 is 0 Å². The van der Waals surface area contributed by atoms with Crippen molar-refractivity contribution in [1.82, 2.24) is 9.97 Å². The number of methoxy groups -OCH3 is 1. The Bertz CT molecular complexity index is 754. The molecule has 0 fully saturated rings. The van der Waals surface area contributed by atoms with Crippen molar-refractivity contribution >= 4 is 17.0 Å². The number of halogens is 1. The van der Waals surface area contributed by atoms with Crippen LogP contribution in [0.25, 0.3) is 11.0 Å². The van der Waals surface area contributed by atoms with E-state index in [9.17, 15) is 4.39 Å². The molecule has 0 spiro atoms. The lowest BCUT2D eigenvalue weighted by Crippen LogP contribution is -2.04. The molecular formula is C16H16FN3O. The lowest BCUT2D eigenvalue weighted by Gasteiger charge is -2.09. The Morgan fingerprint density at radius 3 is 2.81 bits per heavy atom. The molecule has 0 radical (unpaired) electrons. The van der Waals surface area contributed by atoms with Crippen LogP contribution in [0.4, 0.5) is 10.3 Å². The fourth-order valence-electron chi connectivity index (χ4n) is 2.27. The molecule has 0 aliphatic carbocycles. The predicted molar refractivity (Wildman–Crippen MR) is 80.5 cm³/mol. The molecule has 1 aromatic heterocycles. The maximum atomic E-state index is 13.2. The van der Waals surface area contributed by atoms with Gasteiger partial charge in [-0.05, 0) is 29.3 Å². The zero-order chi connectivity index (χ0) is 14.7. The quantitative estimate of drug-likeness (QED) is 0.754. The summed E-state index contributed by atoms with van der Waals surface area (Å²) >= 11 is 0. The maximum Gasteiger partial charge on any atom is 0.201 e. The fraction of sp³-hybridized carbons (Fsp3) is 0.188. The number of H-pyrrole nitrogens is 1. The number of aromatic nitrogens is 2. The van der Waals surface area contributed by atoms with Crippen LogP contribution < -0.4 is 5.32 Å². The molecule has 0 atom stereocenters. The van der Waals surface area contributed by atoms with Crippen LogP contribution in [-0.2, 0) is 17.9 Å². The van der Waals surface area contributed by atoms with E-state index in [0.29, 0.717) is 24.6 Å². The Kier molecular flexibility index (Phi) is 3.83. The van der Waals surface area contributed by atoms with E-state index in [0.717, 1.165) is 16.6 Å². The van der Waals surface area contributed by atoms with Crippen molar-refractivity contribution in [2.24, 2.45) is 0 Å². The van der Waals surface area contributed by atoms with Gasteiger partial charge in [0.05, 0.1) is 17.6 Å². The third-order valence-electron chi connectivity index (χ3n) is 3.31. The first kappa shape index (κ1) is 13.6. The number of aromatic amines is 1. The van der Waals surface area contributed by atoms with E-state index in [2.05, 4.69) is 15.3 Å². The standard InChI is InChI=1S/C16H16FN3O/c1-21-10-12-5-3-2-4-11(12)9-18-16-19-14-7-6-13(17)8-15(14)20-16/h2-8H,9-10H2,1H3,(H2,18,19,20). The van der Waals surface area contributed by atoms with Gasteiger partial charge in [-0.3, -0.25) is 0 Å². The van der Waals surface area contributed by atoms with Crippen molar-refractivity contribution in [3.8, 4) is 0 Å². The molecule has 0 aliphatic rings. The molecular weight excluding hydrogens is 269 g/mol. The molecule has 4 nitrogen and oxygen atoms in total. The molecule has 108 valence electrons. The summed E-state index contributed by atoms with van der Waals surface area (Å²) in [5.74, 6) is 0.353. The Hall–Kier alpha value is -2.40. The number of benzene rings is 2. The highest BCUT2D eigenvalue weighted by Gasteiger charge is 2.05. The van der Waals surface area contributed by atoms with E-state index in [1.54, 1.807) is 13.2 Å². The first-order valence-corrected chi connectivity index (χ1v) is 6.71. The van der Waals surface area contributed by atoms with Gasteiger partial charge in [0, 0.05) is 13.7 Å². The van der Waals surface area contributed by atoms with E-state index >= 15 is 0 Å². The summed E-state index contributed by atoms with van der Waals surface area (Å²) in [6.45, 7) is 1.20. The Labute approximate surface area is 122 Å². The van der Waals surface area contributed by atoms with Crippen LogP contribution >= 0.6 is 0 Å². The van der Waals surface area contributed by atoms with Gasteiger partial charge in [0.15, 0.2) is 0 Å².